The molecule has 0 aromatic carbocycles. The molecule has 0 heterocycles. The molecule has 0 rings (SSSR count). The molecule has 0 unspecified atom stereocenters. The molecule has 0 saturated heterocycles. The minimum absolute atomic E-state index is 0.0694. The monoisotopic (exact) mass is 854 g/mol. The largest absolute Gasteiger partial charge is 0.490 e. The summed E-state index contributed by atoms with van der Waals surface area (Å²) in [7, 11) is -16.2. The fraction of sp³-hybridized carbons (Fsp3) is 1.00. The van der Waals surface area contributed by atoms with Gasteiger partial charge in [0.15, 0.2) is 0 Å². The number of aliphatic hydroxyl groups is 12. The molecule has 328 valence electrons. The van der Waals surface area contributed by atoms with E-state index in [9.17, 15) is 13.7 Å². The van der Waals surface area contributed by atoms with Crippen molar-refractivity contribution in [2.24, 2.45) is 0 Å². The van der Waals surface area contributed by atoms with Crippen LogP contribution in [0.4, 0.5) is 0 Å². The van der Waals surface area contributed by atoms with Gasteiger partial charge in [0.05, 0.1) is 79.3 Å². The Morgan fingerprint density at radius 1 is 0.283 bits per heavy atom. The van der Waals surface area contributed by atoms with Gasteiger partial charge in [-0.1, -0.05) is 0 Å². The van der Waals surface area contributed by atoms with Crippen molar-refractivity contribution < 1.29 is 108 Å². The van der Waals surface area contributed by atoms with E-state index in [1.165, 1.54) is 0 Å². The van der Waals surface area contributed by atoms with Crippen LogP contribution in [0.15, 0.2) is 0 Å². The van der Waals surface area contributed by atoms with E-state index in [4.69, 9.17) is 85.7 Å². The highest BCUT2D eigenvalue weighted by Crippen LogP contribution is 2.64. The molecule has 29 heteroatoms. The van der Waals surface area contributed by atoms with Gasteiger partial charge < -0.3 is 85.7 Å². The Bertz CT molecular complexity index is 724. The van der Waals surface area contributed by atoms with Crippen molar-refractivity contribution >= 4 is 23.5 Å². The van der Waals surface area contributed by atoms with Crippen LogP contribution in [-0.2, 0) is 22.3 Å². The van der Waals surface area contributed by atoms with Crippen LogP contribution in [0.3, 0.4) is 0 Å². The fourth-order valence-corrected chi connectivity index (χ4v) is 5.86. The van der Waals surface area contributed by atoms with Gasteiger partial charge in [-0.15, -0.1) is 0 Å². The predicted molar refractivity (Wildman–Crippen MR) is 187 cm³/mol. The number of phosphoric acid groups is 3. The smallest absolute Gasteiger partial charge is 0.395 e. The molecule has 0 aromatic rings. The highest BCUT2D eigenvalue weighted by molar-refractivity contribution is 7.66. The van der Waals surface area contributed by atoms with Crippen molar-refractivity contribution in [2.75, 3.05) is 158 Å². The van der Waals surface area contributed by atoms with Crippen molar-refractivity contribution in [1.82, 2.24) is 19.6 Å². The normalized spacial score (nSPS) is 11.7. The van der Waals surface area contributed by atoms with Gasteiger partial charge in [-0.25, -0.2) is 13.7 Å². The molecule has 0 radical (unpaired) electrons. The number of aliphatic hydroxyl groups excluding tert-OH is 12. The first-order chi connectivity index (χ1) is 24.8. The minimum Gasteiger partial charge on any atom is -0.395 e. The Balaban J connectivity index is -0.000000182. The van der Waals surface area contributed by atoms with Gasteiger partial charge in [0.2, 0.25) is 0 Å². The molecule has 0 amide bonds. The number of hydrogen-bond donors (Lipinski definition) is 17. The van der Waals surface area contributed by atoms with E-state index in [1.807, 2.05) is 0 Å². The second-order valence-electron chi connectivity index (χ2n) is 9.66. The van der Waals surface area contributed by atoms with E-state index >= 15 is 0 Å². The first-order valence-electron chi connectivity index (χ1n) is 15.9. The van der Waals surface area contributed by atoms with Crippen LogP contribution in [0.1, 0.15) is 0 Å². The van der Waals surface area contributed by atoms with E-state index in [0.717, 1.165) is 0 Å². The lowest BCUT2D eigenvalue weighted by atomic mass is 10.4. The second kappa shape index (κ2) is 42.9. The van der Waals surface area contributed by atoms with Crippen LogP contribution >= 0.6 is 23.5 Å². The van der Waals surface area contributed by atoms with Crippen molar-refractivity contribution in [3.05, 3.63) is 0 Å². The molecule has 0 spiro atoms. The van der Waals surface area contributed by atoms with E-state index in [1.54, 1.807) is 19.6 Å². The number of hydrogen-bond acceptors (Lipinski definition) is 21. The summed E-state index contributed by atoms with van der Waals surface area (Å²) in [6.07, 6.45) is 0. The average Bonchev–Trinajstić information content (AvgIpc) is 3.02. The molecule has 53 heavy (non-hydrogen) atoms. The first-order valence-corrected chi connectivity index (χ1v) is 20.4. The summed E-state index contributed by atoms with van der Waals surface area (Å²) in [5, 5.41) is 102. The molecule has 0 atom stereocenters. The van der Waals surface area contributed by atoms with E-state index in [2.05, 4.69) is 8.62 Å². The maximum Gasteiger partial charge on any atom is 0.490 e. The molecule has 0 aliphatic rings. The minimum atomic E-state index is -5.46. The Morgan fingerprint density at radius 3 is 0.472 bits per heavy atom. The fourth-order valence-electron chi connectivity index (χ4n) is 3.32. The topological polar surface area (TPSA) is 427 Å². The molecule has 26 nitrogen and oxygen atoms in total. The van der Waals surface area contributed by atoms with E-state index in [0.29, 0.717) is 78.5 Å². The molecule has 0 aromatic heterocycles. The van der Waals surface area contributed by atoms with Gasteiger partial charge in [-0.05, 0) is 0 Å². The van der Waals surface area contributed by atoms with Crippen LogP contribution in [0, 0.1) is 0 Å². The van der Waals surface area contributed by atoms with Gasteiger partial charge in [-0.2, -0.15) is 8.62 Å². The maximum absolute atomic E-state index is 10.4. The summed E-state index contributed by atoms with van der Waals surface area (Å²) < 4.78 is 36.4. The second-order valence-corrected chi connectivity index (χ2v) is 13.9. The third kappa shape index (κ3) is 56.2. The van der Waals surface area contributed by atoms with Crippen molar-refractivity contribution in [2.45, 2.75) is 0 Å². The molecule has 17 N–H and O–H groups in total. The van der Waals surface area contributed by atoms with Gasteiger partial charge >= 0.3 is 23.5 Å². The molecule has 0 fully saturated rings. The summed E-state index contributed by atoms with van der Waals surface area (Å²) in [5.41, 5.74) is 0. The molecular weight excluding hydrogens is 789 g/mol. The first kappa shape index (κ1) is 62.0. The highest BCUT2D eigenvalue weighted by Gasteiger charge is 2.38. The Morgan fingerprint density at radius 2 is 0.396 bits per heavy atom. The van der Waals surface area contributed by atoms with Gasteiger partial charge in [0.1, 0.15) is 0 Å². The predicted octanol–water partition coefficient (Wildman–Crippen LogP) is -7.63. The van der Waals surface area contributed by atoms with Crippen LogP contribution in [0.5, 0.6) is 0 Å². The quantitative estimate of drug-likeness (QED) is 0.0325. The van der Waals surface area contributed by atoms with Crippen molar-refractivity contribution in [1.29, 1.82) is 0 Å². The van der Waals surface area contributed by atoms with Crippen LogP contribution in [0.2, 0.25) is 0 Å². The molecular formula is C24H65N4O22P3. The van der Waals surface area contributed by atoms with E-state index in [-0.39, 0.29) is 79.3 Å². The maximum atomic E-state index is 10.4. The highest BCUT2D eigenvalue weighted by atomic mass is 31.3. The lowest BCUT2D eigenvalue weighted by Crippen LogP contribution is -2.32. The van der Waals surface area contributed by atoms with Crippen molar-refractivity contribution in [3.8, 4) is 0 Å². The zero-order valence-corrected chi connectivity index (χ0v) is 32.4. The standard InChI is InChI=1S/4C6H15NO3.H5O10P3/c4*8-4-1-7(2-5-9)3-6-10;1-11(2,3)9-13(7,8)10-12(4,5)6/h4*8-10H,1-6H2;(H,7,8)(H2,1,2,3)(H2,4,5,6). The molecule has 0 saturated carbocycles. The van der Waals surface area contributed by atoms with Gasteiger partial charge in [0.25, 0.3) is 0 Å². The van der Waals surface area contributed by atoms with Crippen LogP contribution in [-0.4, -0.2) is 263 Å². The summed E-state index contributed by atoms with van der Waals surface area (Å²) >= 11 is 0. The summed E-state index contributed by atoms with van der Waals surface area (Å²) in [6.45, 7) is 7.01. The van der Waals surface area contributed by atoms with Crippen LogP contribution < -0.4 is 0 Å². The molecule has 0 aliphatic heterocycles. The molecule has 0 aliphatic carbocycles. The third-order valence-electron chi connectivity index (χ3n) is 5.41. The summed E-state index contributed by atoms with van der Waals surface area (Å²) in [6, 6.07) is 0. The Kier molecular flexibility index (Phi) is 50.2. The summed E-state index contributed by atoms with van der Waals surface area (Å²) in [5.74, 6) is 0. The Hall–Kier alpha value is -0.230. The van der Waals surface area contributed by atoms with Gasteiger partial charge in [0, 0.05) is 78.5 Å². The number of rotatable bonds is 28. The third-order valence-corrected chi connectivity index (χ3v) is 8.77. The van der Waals surface area contributed by atoms with Gasteiger partial charge in [-0.3, -0.25) is 19.6 Å². The lowest BCUT2D eigenvalue weighted by molar-refractivity contribution is 0.136. The zero-order chi connectivity index (χ0) is 42.2. The van der Waals surface area contributed by atoms with E-state index < -0.39 is 23.5 Å². The zero-order valence-electron chi connectivity index (χ0n) is 29.7. The average molecular weight is 855 g/mol. The number of nitrogens with zero attached hydrogens (tertiary/aromatic N) is 4. The lowest BCUT2D eigenvalue weighted by Gasteiger charge is -2.17. The van der Waals surface area contributed by atoms with Crippen LogP contribution in [0.25, 0.3) is 0 Å². The molecule has 0 bridgehead atoms. The van der Waals surface area contributed by atoms with Crippen molar-refractivity contribution in [3.63, 3.8) is 0 Å². The Labute approximate surface area is 309 Å². The summed E-state index contributed by atoms with van der Waals surface area (Å²) in [4.78, 5) is 47.4. The SMILES string of the molecule is O=P(O)(O)OP(=O)(O)OP(=O)(O)O.OCCN(CCO)CCO.OCCN(CCO)CCO.OCCN(CCO)CCO.OCCN(CCO)CCO.